The molecule has 3 rings (SSSR count). The smallest absolute Gasteiger partial charge is 0.445 e. The van der Waals surface area contributed by atoms with Gasteiger partial charge in [0.15, 0.2) is 0 Å². The summed E-state index contributed by atoms with van der Waals surface area (Å²) in [5.74, 6) is -2.22. The quantitative estimate of drug-likeness (QED) is 0.0417. The van der Waals surface area contributed by atoms with Gasteiger partial charge in [0.05, 0.1) is 6.04 Å². The predicted octanol–water partition coefficient (Wildman–Crippen LogP) is 4.95. The number of amides is 3. The molecule has 1 aliphatic heterocycles. The van der Waals surface area contributed by atoms with Gasteiger partial charge >= 0.3 is 32.4 Å². The van der Waals surface area contributed by atoms with Gasteiger partial charge in [-0.2, -0.15) is 0 Å². The third-order valence-corrected chi connectivity index (χ3v) is 8.83. The Morgan fingerprint density at radius 3 is 2.13 bits per heavy atom. The number of esters is 2. The number of alkyl carbamates (subject to hydrolysis) is 2. The molecule has 0 aliphatic carbocycles. The summed E-state index contributed by atoms with van der Waals surface area (Å²) in [6.07, 6.45) is 1.79. The summed E-state index contributed by atoms with van der Waals surface area (Å²) in [4.78, 5) is 62.8. The molecule has 4 unspecified atom stereocenters. The van der Waals surface area contributed by atoms with Crippen molar-refractivity contribution in [2.24, 2.45) is 0 Å². The lowest BCUT2D eigenvalue weighted by atomic mass is 10.1. The summed E-state index contributed by atoms with van der Waals surface area (Å²) >= 11 is 0. The molecule has 2 aromatic carbocycles. The molecule has 16 heteroatoms. The summed E-state index contributed by atoms with van der Waals surface area (Å²) in [5.41, 5.74) is 1.63. The van der Waals surface area contributed by atoms with Crippen molar-refractivity contribution >= 4 is 38.3 Å². The maximum atomic E-state index is 13.5. The third-order valence-electron chi connectivity index (χ3n) is 7.98. The fraction of sp³-hybridized carbons (Fsp3) is 0.528. The number of carbonyl (C=O) groups excluding carboxylic acids is 5. The number of carbonyl (C=O) groups is 5. The molecule has 4 N–H and O–H groups in total. The van der Waals surface area contributed by atoms with Crippen LogP contribution in [0.5, 0.6) is 0 Å². The number of rotatable bonds is 22. The number of ether oxygens (including phenoxy) is 3. The van der Waals surface area contributed by atoms with Crippen LogP contribution in [0, 0.1) is 0 Å². The van der Waals surface area contributed by atoms with Crippen LogP contribution >= 0.6 is 8.25 Å². The van der Waals surface area contributed by atoms with Gasteiger partial charge in [0.2, 0.25) is 12.0 Å². The zero-order valence-electron chi connectivity index (χ0n) is 29.7. The largest absolute Gasteiger partial charge is 0.698 e. The minimum absolute atomic E-state index is 0.00757. The second kappa shape index (κ2) is 23.9. The number of unbranched alkanes of at least 4 members (excludes halogenated alkanes) is 2. The van der Waals surface area contributed by atoms with Gasteiger partial charge in [-0.25, -0.2) is 19.2 Å². The average molecular weight is 746 g/mol. The second-order valence-electron chi connectivity index (χ2n) is 12.2. The van der Waals surface area contributed by atoms with Crippen molar-refractivity contribution in [1.29, 1.82) is 0 Å². The Balaban J connectivity index is 1.50. The lowest BCUT2D eigenvalue weighted by molar-refractivity contribution is -0.165. The van der Waals surface area contributed by atoms with Gasteiger partial charge < -0.3 is 35.5 Å². The van der Waals surface area contributed by atoms with Gasteiger partial charge in [-0.05, 0) is 63.1 Å². The Morgan fingerprint density at radius 1 is 0.865 bits per heavy atom. The van der Waals surface area contributed by atoms with Crippen LogP contribution in [-0.2, 0) is 55.4 Å². The molecule has 3 amide bonds. The average Bonchev–Trinajstić information content (AvgIpc) is 3.70. The maximum Gasteiger partial charge on any atom is 0.698 e. The Kier molecular flexibility index (Phi) is 19.3. The van der Waals surface area contributed by atoms with Crippen LogP contribution in [0.25, 0.3) is 0 Å². The Bertz CT molecular complexity index is 1430. The fourth-order valence-corrected chi connectivity index (χ4v) is 5.76. The number of benzene rings is 2. The first kappa shape index (κ1) is 42.0. The molecule has 1 saturated heterocycles. The Hall–Kier alpha value is -4.43. The van der Waals surface area contributed by atoms with Crippen LogP contribution in [-0.4, -0.2) is 74.0 Å². The lowest BCUT2D eigenvalue weighted by Crippen LogP contribution is -2.50. The molecule has 52 heavy (non-hydrogen) atoms. The van der Waals surface area contributed by atoms with E-state index in [1.54, 1.807) is 12.1 Å². The van der Waals surface area contributed by atoms with Gasteiger partial charge in [0.25, 0.3) is 0 Å². The zero-order chi connectivity index (χ0) is 37.6. The van der Waals surface area contributed by atoms with Crippen molar-refractivity contribution in [1.82, 2.24) is 21.3 Å². The van der Waals surface area contributed by atoms with Crippen LogP contribution in [0.3, 0.4) is 0 Å². The number of hydrogen-bond donors (Lipinski definition) is 4. The van der Waals surface area contributed by atoms with Gasteiger partial charge in [-0.15, -0.1) is 9.05 Å². The van der Waals surface area contributed by atoms with E-state index in [0.717, 1.165) is 24.0 Å². The van der Waals surface area contributed by atoms with Crippen molar-refractivity contribution in [2.75, 3.05) is 19.7 Å². The predicted molar refractivity (Wildman–Crippen MR) is 190 cm³/mol. The summed E-state index contributed by atoms with van der Waals surface area (Å²) in [5, 5.41) is 11.1. The van der Waals surface area contributed by atoms with Gasteiger partial charge in [-0.1, -0.05) is 80.4 Å². The van der Waals surface area contributed by atoms with E-state index in [-0.39, 0.29) is 32.8 Å². The molecule has 0 aromatic heterocycles. The fourth-order valence-electron chi connectivity index (χ4n) is 5.06. The van der Waals surface area contributed by atoms with Crippen LogP contribution in [0.1, 0.15) is 76.3 Å². The first-order valence-electron chi connectivity index (χ1n) is 17.6. The molecule has 2 aromatic rings. The molecule has 284 valence electrons. The Morgan fingerprint density at radius 2 is 1.52 bits per heavy atom. The topological polar surface area (TPSA) is 197 Å². The molecule has 1 fully saturated rings. The van der Waals surface area contributed by atoms with Crippen LogP contribution in [0.15, 0.2) is 60.7 Å². The third kappa shape index (κ3) is 16.7. The molecule has 5 atom stereocenters. The van der Waals surface area contributed by atoms with Gasteiger partial charge in [-0.3, -0.25) is 4.79 Å². The highest BCUT2D eigenvalue weighted by atomic mass is 31.1. The highest BCUT2D eigenvalue weighted by Gasteiger charge is 2.35. The van der Waals surface area contributed by atoms with Crippen molar-refractivity contribution < 1.29 is 51.8 Å². The van der Waals surface area contributed by atoms with E-state index in [2.05, 4.69) is 21.3 Å². The van der Waals surface area contributed by atoms with Crippen molar-refractivity contribution in [3.05, 3.63) is 71.8 Å². The van der Waals surface area contributed by atoms with Crippen molar-refractivity contribution in [3.63, 3.8) is 0 Å². The summed E-state index contributed by atoms with van der Waals surface area (Å²) in [7, 11) is -2.82. The SMILES string of the molecule is CCCCC(CO[P+](=O)OC(C)C(=O)OC(=O)[C@@H]1CCCN1)NC(=O)C(CCCCNC(=O)OCc1ccccc1)NC(=O)OCc1ccccc1. The molecule has 0 saturated carbocycles. The van der Waals surface area contributed by atoms with E-state index in [9.17, 15) is 28.5 Å². The molecule has 1 aliphatic rings. The van der Waals surface area contributed by atoms with Crippen LogP contribution < -0.4 is 21.3 Å². The number of nitrogens with one attached hydrogen (secondary N) is 4. The minimum atomic E-state index is -2.82. The maximum absolute atomic E-state index is 13.5. The first-order valence-corrected chi connectivity index (χ1v) is 18.7. The molecule has 0 bridgehead atoms. The Labute approximate surface area is 305 Å². The van der Waals surface area contributed by atoms with Gasteiger partial charge in [0, 0.05) is 11.1 Å². The molecule has 0 spiro atoms. The normalized spacial score (nSPS) is 15.7. The van der Waals surface area contributed by atoms with E-state index in [0.29, 0.717) is 38.6 Å². The molecule has 0 radical (unpaired) electrons. The standard InChI is InChI=1S/C36H49N4O11P/c1-3-4-18-29(25-49-52(46)51-26(2)33(42)50-34(43)31-20-13-22-37-31)39-32(41)30(40-36(45)48-24-28-16-9-6-10-17-28)19-11-12-21-38-35(44)47-23-27-14-7-5-8-15-27/h5-10,14-17,26,29-31,37H,3-4,11-13,18-25H2,1-2H3,(H2-,38,39,40,41,44,45)/p+1/t26?,29?,30?,31-/m0/s1. The van der Waals surface area contributed by atoms with E-state index >= 15 is 0 Å². The molecule has 1 heterocycles. The van der Waals surface area contributed by atoms with E-state index in [1.807, 2.05) is 55.5 Å². The van der Waals surface area contributed by atoms with E-state index < -0.39 is 62.5 Å². The summed E-state index contributed by atoms with van der Waals surface area (Å²) in [6.45, 7) is 4.13. The molecular formula is C36H50N4O11P+. The highest BCUT2D eigenvalue weighted by Crippen LogP contribution is 2.27. The van der Waals surface area contributed by atoms with Crippen LogP contribution in [0.2, 0.25) is 0 Å². The first-order chi connectivity index (χ1) is 25.1. The van der Waals surface area contributed by atoms with Crippen LogP contribution in [0.4, 0.5) is 9.59 Å². The highest BCUT2D eigenvalue weighted by molar-refractivity contribution is 7.33. The van der Waals surface area contributed by atoms with Crippen molar-refractivity contribution in [2.45, 2.75) is 103 Å². The summed E-state index contributed by atoms with van der Waals surface area (Å²) in [6, 6.07) is 16.2. The second-order valence-corrected chi connectivity index (χ2v) is 13.2. The summed E-state index contributed by atoms with van der Waals surface area (Å²) < 4.78 is 38.5. The molecular weight excluding hydrogens is 695 g/mol. The number of hydrogen-bond acceptors (Lipinski definition) is 12. The zero-order valence-corrected chi connectivity index (χ0v) is 30.6. The van der Waals surface area contributed by atoms with E-state index in [1.165, 1.54) is 6.92 Å². The monoisotopic (exact) mass is 745 g/mol. The molecule has 15 nitrogen and oxygen atoms in total. The lowest BCUT2D eigenvalue weighted by Gasteiger charge is -2.22. The van der Waals surface area contributed by atoms with Crippen molar-refractivity contribution in [3.8, 4) is 0 Å². The van der Waals surface area contributed by atoms with E-state index in [4.69, 9.17) is 23.3 Å². The minimum Gasteiger partial charge on any atom is -0.445 e. The van der Waals surface area contributed by atoms with Gasteiger partial charge in [0.1, 0.15) is 31.9 Å².